The monoisotopic (exact) mass is 218 g/mol. The minimum Gasteiger partial charge on any atom is 0 e. The maximum Gasteiger partial charge on any atom is 0 e. The van der Waals surface area contributed by atoms with Crippen molar-refractivity contribution in [3.8, 4) is 0 Å². The summed E-state index contributed by atoms with van der Waals surface area (Å²) in [6, 6.07) is 0. The van der Waals surface area contributed by atoms with Crippen LogP contribution in [0.4, 0.5) is 0 Å². The first-order valence-electron chi connectivity index (χ1n) is 0.500. The van der Waals surface area contributed by atoms with Crippen LogP contribution in [-0.4, -0.2) is 5.38 Å². The third-order valence-corrected chi connectivity index (χ3v) is 0. The summed E-state index contributed by atoms with van der Waals surface area (Å²) in [5.74, 6) is 0. The van der Waals surface area contributed by atoms with Gasteiger partial charge in [-0.1, -0.05) is 0 Å². The maximum absolute atomic E-state index is 2.09. The van der Waals surface area contributed by atoms with Gasteiger partial charge in [0.25, 0.3) is 0 Å². The molecule has 0 amide bonds. The summed E-state index contributed by atoms with van der Waals surface area (Å²) in [5, 5.41) is 2.09. The van der Waals surface area contributed by atoms with Crippen molar-refractivity contribution in [1.29, 1.82) is 0 Å². The van der Waals surface area contributed by atoms with Crippen molar-refractivity contribution in [2.75, 3.05) is 0 Å². The van der Waals surface area contributed by atoms with Gasteiger partial charge in [0.1, 0.15) is 0 Å². The van der Waals surface area contributed by atoms with Gasteiger partial charge in [-0.3, -0.25) is 0 Å². The van der Waals surface area contributed by atoms with Gasteiger partial charge in [0.15, 0.2) is 0 Å². The fourth-order valence-electron chi connectivity index (χ4n) is 0. The molecule has 0 aromatic rings. The van der Waals surface area contributed by atoms with Crippen LogP contribution in [0.1, 0.15) is 0 Å². The Morgan fingerprint density at radius 2 is 1.25 bits per heavy atom. The van der Waals surface area contributed by atoms with Gasteiger partial charge in [-0.15, -0.1) is 0 Å². The standard InChI is InChI=1S/BH2.Co.Fe.Zr/h1H2;;;/q+1;;;-1. The summed E-state index contributed by atoms with van der Waals surface area (Å²) >= 11 is 1.55. The van der Waals surface area contributed by atoms with E-state index < -0.39 is 0 Å². The predicted octanol–water partition coefficient (Wildman–Crippen LogP) is -0.924. The topological polar surface area (TPSA) is 0 Å². The van der Waals surface area contributed by atoms with E-state index in [1.54, 1.807) is 24.5 Å². The SMILES string of the molecule is [BH2][Zr].[Co].[Fe]. The molecule has 1 radical (unpaired) electrons. The van der Waals surface area contributed by atoms with Gasteiger partial charge in [0, 0.05) is 33.8 Å². The second-order valence-electron chi connectivity index (χ2n) is 0. The average molecular weight is 219 g/mol. The molecule has 4 heavy (non-hydrogen) atoms. The van der Waals surface area contributed by atoms with Crippen molar-refractivity contribution in [2.24, 2.45) is 0 Å². The summed E-state index contributed by atoms with van der Waals surface area (Å²) in [5.41, 5.74) is 0. The molecule has 0 aliphatic heterocycles. The minimum absolute atomic E-state index is 0. The normalized spacial score (nSPS) is 0.750. The average Bonchev–Trinajstić information content (AvgIpc) is 1.00. The maximum atomic E-state index is 2.09. The van der Waals surface area contributed by atoms with Crippen LogP contribution in [-0.2, 0) is 58.3 Å². The molecule has 0 saturated carbocycles. The van der Waals surface area contributed by atoms with Gasteiger partial charge in [0.2, 0.25) is 0 Å². The fraction of sp³-hybridized carbons (Fsp3) is 0. The summed E-state index contributed by atoms with van der Waals surface area (Å²) in [4.78, 5) is 0. The molecule has 0 aromatic carbocycles. The molecular formula is H2BCoFeZr. The molecule has 0 heterocycles. The molecule has 26 valence electrons. The molecule has 0 atom stereocenters. The van der Waals surface area contributed by atoms with E-state index in [9.17, 15) is 0 Å². The van der Waals surface area contributed by atoms with E-state index in [0.717, 1.165) is 0 Å². The van der Waals surface area contributed by atoms with Crippen LogP contribution in [0.2, 0.25) is 0 Å². The van der Waals surface area contributed by atoms with Crippen molar-refractivity contribution in [1.82, 2.24) is 0 Å². The second kappa shape index (κ2) is 20.2. The van der Waals surface area contributed by atoms with E-state index in [4.69, 9.17) is 0 Å². The molecule has 0 unspecified atom stereocenters. The summed E-state index contributed by atoms with van der Waals surface area (Å²) < 4.78 is 0. The Kier molecular flexibility index (Phi) is 84.2. The second-order valence-corrected chi connectivity index (χ2v) is 0. The van der Waals surface area contributed by atoms with Crippen LogP contribution in [0.5, 0.6) is 0 Å². The quantitative estimate of drug-likeness (QED) is 0.462. The van der Waals surface area contributed by atoms with E-state index in [-0.39, 0.29) is 33.8 Å². The van der Waals surface area contributed by atoms with Gasteiger partial charge in [-0.2, -0.15) is 0 Å². The minimum atomic E-state index is 0. The Morgan fingerprint density at radius 3 is 1.25 bits per heavy atom. The Labute approximate surface area is 63.1 Å². The van der Waals surface area contributed by atoms with Crippen molar-refractivity contribution in [2.45, 2.75) is 0 Å². The van der Waals surface area contributed by atoms with E-state index in [1.807, 2.05) is 0 Å². The van der Waals surface area contributed by atoms with Crippen molar-refractivity contribution in [3.05, 3.63) is 0 Å². The molecule has 0 nitrogen and oxygen atoms in total. The third kappa shape index (κ3) is 9.02. The van der Waals surface area contributed by atoms with Crippen LogP contribution in [0.15, 0.2) is 0 Å². The first kappa shape index (κ1) is 16.7. The molecule has 0 spiro atoms. The van der Waals surface area contributed by atoms with Crippen LogP contribution in [0, 0.1) is 0 Å². The van der Waals surface area contributed by atoms with E-state index >= 15 is 0 Å². The molecule has 0 fully saturated rings. The van der Waals surface area contributed by atoms with Gasteiger partial charge in [0.05, 0.1) is 0 Å². The molecular weight excluding hydrogens is 217 g/mol. The molecule has 0 aliphatic rings. The molecule has 0 bridgehead atoms. The van der Waals surface area contributed by atoms with E-state index in [2.05, 4.69) is 5.38 Å². The van der Waals surface area contributed by atoms with E-state index in [1.165, 1.54) is 0 Å². The Hall–Kier alpha value is 1.97. The zero-order chi connectivity index (χ0) is 2.00. The van der Waals surface area contributed by atoms with Crippen LogP contribution in [0.3, 0.4) is 0 Å². The van der Waals surface area contributed by atoms with Crippen molar-refractivity contribution < 1.29 is 58.3 Å². The number of hydrogen-bond acceptors (Lipinski definition) is 0. The Morgan fingerprint density at radius 1 is 1.25 bits per heavy atom. The van der Waals surface area contributed by atoms with Crippen LogP contribution < -0.4 is 0 Å². The van der Waals surface area contributed by atoms with E-state index in [0.29, 0.717) is 0 Å². The summed E-state index contributed by atoms with van der Waals surface area (Å²) in [6.07, 6.45) is 0. The summed E-state index contributed by atoms with van der Waals surface area (Å²) in [7, 11) is 0. The zero-order valence-electron chi connectivity index (χ0n) is 2.19. The largest absolute Gasteiger partial charge is 0 e. The predicted molar refractivity (Wildman–Crippen MR) is 8.54 cm³/mol. The number of hydrogen-bond donors (Lipinski definition) is 0. The number of rotatable bonds is 0. The van der Waals surface area contributed by atoms with Gasteiger partial charge < -0.3 is 0 Å². The Bertz CT molecular complexity index is 8.00. The molecule has 0 saturated heterocycles. The van der Waals surface area contributed by atoms with Gasteiger partial charge in [-0.25, -0.2) is 0 Å². The van der Waals surface area contributed by atoms with Gasteiger partial charge in [-0.05, 0) is 0 Å². The molecule has 0 rings (SSSR count). The smallest absolute Gasteiger partial charge is 0 e. The molecule has 0 N–H and O–H groups in total. The zero-order valence-corrected chi connectivity index (χ0v) is 6.79. The van der Waals surface area contributed by atoms with Crippen molar-refractivity contribution >= 4 is 5.38 Å². The Balaban J connectivity index is -0.00000000500. The van der Waals surface area contributed by atoms with Crippen LogP contribution >= 0.6 is 0 Å². The van der Waals surface area contributed by atoms with Crippen molar-refractivity contribution in [3.63, 3.8) is 0 Å². The first-order chi connectivity index (χ1) is 1.00. The molecule has 0 aromatic heterocycles. The van der Waals surface area contributed by atoms with Gasteiger partial charge >= 0.3 is 29.9 Å². The molecule has 4 heteroatoms. The third-order valence-electron chi connectivity index (χ3n) is 0. The summed E-state index contributed by atoms with van der Waals surface area (Å²) in [6.45, 7) is 0. The fourth-order valence-corrected chi connectivity index (χ4v) is 0. The first-order valence-corrected chi connectivity index (χ1v) is 2.96. The van der Waals surface area contributed by atoms with Crippen LogP contribution in [0.25, 0.3) is 0 Å². The molecule has 0 aliphatic carbocycles.